The molecule has 4 rings (SSSR count). The van der Waals surface area contributed by atoms with E-state index in [4.69, 9.17) is 25.8 Å². The molecule has 1 aliphatic rings. The zero-order chi connectivity index (χ0) is 28.9. The van der Waals surface area contributed by atoms with Gasteiger partial charge in [0.05, 0.1) is 42.0 Å². The van der Waals surface area contributed by atoms with Gasteiger partial charge in [-0.1, -0.05) is 24.3 Å². The van der Waals surface area contributed by atoms with Gasteiger partial charge in [-0.3, -0.25) is 9.59 Å². The van der Waals surface area contributed by atoms with Crippen molar-refractivity contribution in [3.63, 3.8) is 0 Å². The Morgan fingerprint density at radius 2 is 1.82 bits per heavy atom. The summed E-state index contributed by atoms with van der Waals surface area (Å²) in [7, 11) is 0. The molecule has 40 heavy (non-hydrogen) atoms. The Kier molecular flexibility index (Phi) is 8.76. The summed E-state index contributed by atoms with van der Waals surface area (Å²) in [4.78, 5) is 42.6. The molecule has 0 radical (unpaired) electrons. The van der Waals surface area contributed by atoms with E-state index >= 15 is 0 Å². The minimum absolute atomic E-state index is 0.105. The number of carbonyl (C=O) groups is 2. The smallest absolute Gasteiger partial charge is 0.341 e. The molecule has 0 saturated carbocycles. The second-order valence-electron chi connectivity index (χ2n) is 10.5. The maximum Gasteiger partial charge on any atom is 0.341 e. The van der Waals surface area contributed by atoms with Crippen LogP contribution in [0.3, 0.4) is 0 Å². The highest BCUT2D eigenvalue weighted by Crippen LogP contribution is 2.23. The molecule has 5 N–H and O–H groups in total. The SMILES string of the molecule is CC(C)(C)C(=O)OCOC(=O)c1cccc(CN(N)/C=C(\N)c2cccc3c(=O)cc(N4CCOCC4)[nH]c23)c1. The predicted molar refractivity (Wildman–Crippen MR) is 152 cm³/mol. The predicted octanol–water partition coefficient (Wildman–Crippen LogP) is 2.70. The Bertz CT molecular complexity index is 1470. The van der Waals surface area contributed by atoms with E-state index in [1.54, 1.807) is 63.4 Å². The van der Waals surface area contributed by atoms with Crippen molar-refractivity contribution in [2.45, 2.75) is 27.3 Å². The van der Waals surface area contributed by atoms with Crippen LogP contribution in [0.5, 0.6) is 0 Å². The molecule has 2 heterocycles. The summed E-state index contributed by atoms with van der Waals surface area (Å²) in [5.74, 6) is 5.87. The molecule has 11 heteroatoms. The van der Waals surface area contributed by atoms with Gasteiger partial charge in [-0.05, 0) is 44.5 Å². The highest BCUT2D eigenvalue weighted by molar-refractivity contribution is 5.91. The number of anilines is 1. The molecule has 0 unspecified atom stereocenters. The van der Waals surface area contributed by atoms with Gasteiger partial charge in [-0.2, -0.15) is 0 Å². The van der Waals surface area contributed by atoms with Crippen molar-refractivity contribution in [2.24, 2.45) is 17.0 Å². The van der Waals surface area contributed by atoms with Crippen LogP contribution < -0.4 is 21.9 Å². The first-order valence-corrected chi connectivity index (χ1v) is 12.9. The van der Waals surface area contributed by atoms with E-state index in [1.165, 1.54) is 5.01 Å². The van der Waals surface area contributed by atoms with Crippen molar-refractivity contribution in [3.05, 3.63) is 81.6 Å². The van der Waals surface area contributed by atoms with Crippen LogP contribution >= 0.6 is 0 Å². The second-order valence-corrected chi connectivity index (χ2v) is 10.5. The number of fused-ring (bicyclic) bond motifs is 1. The number of para-hydroxylation sites is 1. The maximum absolute atomic E-state index is 12.9. The van der Waals surface area contributed by atoms with E-state index in [0.717, 1.165) is 5.56 Å². The first kappa shape index (κ1) is 28.7. The van der Waals surface area contributed by atoms with Gasteiger partial charge in [0.1, 0.15) is 5.82 Å². The van der Waals surface area contributed by atoms with Gasteiger partial charge in [0.25, 0.3) is 0 Å². The third-order valence-electron chi connectivity index (χ3n) is 6.34. The molecule has 2 aromatic carbocycles. The van der Waals surface area contributed by atoms with Crippen molar-refractivity contribution in [1.82, 2.24) is 9.99 Å². The summed E-state index contributed by atoms with van der Waals surface area (Å²) in [6, 6.07) is 13.7. The highest BCUT2D eigenvalue weighted by atomic mass is 16.7. The van der Waals surface area contributed by atoms with Crippen LogP contribution in [0.1, 0.15) is 42.3 Å². The molecule has 0 bridgehead atoms. The van der Waals surface area contributed by atoms with Gasteiger partial charge in [0.15, 0.2) is 5.43 Å². The molecule has 1 aliphatic heterocycles. The number of hydrogen-bond acceptors (Lipinski definition) is 10. The van der Waals surface area contributed by atoms with Crippen molar-refractivity contribution < 1.29 is 23.8 Å². The summed E-state index contributed by atoms with van der Waals surface area (Å²) in [5.41, 5.74) is 8.29. The average Bonchev–Trinajstić information content (AvgIpc) is 2.92. The van der Waals surface area contributed by atoms with E-state index in [1.807, 2.05) is 12.1 Å². The van der Waals surface area contributed by atoms with E-state index < -0.39 is 24.1 Å². The van der Waals surface area contributed by atoms with Crippen LogP contribution in [-0.2, 0) is 25.5 Å². The summed E-state index contributed by atoms with van der Waals surface area (Å²) >= 11 is 0. The van der Waals surface area contributed by atoms with Gasteiger partial charge in [-0.25, -0.2) is 10.6 Å². The number of ether oxygens (including phenoxy) is 3. The Labute approximate surface area is 232 Å². The van der Waals surface area contributed by atoms with Crippen LogP contribution in [-0.4, -0.2) is 55.0 Å². The lowest BCUT2D eigenvalue weighted by Crippen LogP contribution is -2.37. The summed E-state index contributed by atoms with van der Waals surface area (Å²) in [6.07, 6.45) is 1.57. The fourth-order valence-corrected chi connectivity index (χ4v) is 4.21. The Morgan fingerprint density at radius 3 is 2.55 bits per heavy atom. The lowest BCUT2D eigenvalue weighted by Gasteiger charge is -2.28. The summed E-state index contributed by atoms with van der Waals surface area (Å²) in [5, 5.41) is 1.92. The number of nitrogens with one attached hydrogen (secondary N) is 1. The molecule has 212 valence electrons. The van der Waals surface area contributed by atoms with Crippen LogP contribution in [0.2, 0.25) is 0 Å². The number of nitrogens with two attached hydrogens (primary N) is 2. The first-order valence-electron chi connectivity index (χ1n) is 12.9. The number of carbonyl (C=O) groups excluding carboxylic acids is 2. The van der Waals surface area contributed by atoms with Crippen molar-refractivity contribution >= 4 is 34.4 Å². The van der Waals surface area contributed by atoms with E-state index in [-0.39, 0.29) is 17.5 Å². The Hall–Kier alpha value is -4.35. The molecule has 0 spiro atoms. The summed E-state index contributed by atoms with van der Waals surface area (Å²) < 4.78 is 15.5. The normalized spacial score (nSPS) is 14.2. The number of rotatable bonds is 8. The van der Waals surface area contributed by atoms with Crippen LogP contribution in [0, 0.1) is 5.41 Å². The van der Waals surface area contributed by atoms with E-state index in [0.29, 0.717) is 54.3 Å². The van der Waals surface area contributed by atoms with Crippen molar-refractivity contribution in [2.75, 3.05) is 38.0 Å². The molecule has 0 aliphatic carbocycles. The molecule has 1 saturated heterocycles. The van der Waals surface area contributed by atoms with Gasteiger partial charge in [0.2, 0.25) is 6.79 Å². The number of pyridine rings is 1. The van der Waals surface area contributed by atoms with Gasteiger partial charge in [-0.15, -0.1) is 0 Å². The van der Waals surface area contributed by atoms with Crippen LogP contribution in [0.15, 0.2) is 59.5 Å². The third-order valence-corrected chi connectivity index (χ3v) is 6.34. The molecule has 1 fully saturated rings. The molecular formula is C29H35N5O6. The van der Waals surface area contributed by atoms with Crippen molar-refractivity contribution in [3.8, 4) is 0 Å². The number of aromatic nitrogens is 1. The average molecular weight is 550 g/mol. The highest BCUT2D eigenvalue weighted by Gasteiger charge is 2.23. The number of morpholine rings is 1. The quantitative estimate of drug-likeness (QED) is 0.165. The fourth-order valence-electron chi connectivity index (χ4n) is 4.21. The third kappa shape index (κ3) is 6.99. The number of hydrogen-bond donors (Lipinski definition) is 3. The molecular weight excluding hydrogens is 514 g/mol. The number of esters is 2. The molecule has 0 amide bonds. The van der Waals surface area contributed by atoms with Crippen LogP contribution in [0.25, 0.3) is 16.6 Å². The van der Waals surface area contributed by atoms with Gasteiger partial charge < -0.3 is 34.8 Å². The van der Waals surface area contributed by atoms with Gasteiger partial charge >= 0.3 is 11.9 Å². The van der Waals surface area contributed by atoms with E-state index in [9.17, 15) is 14.4 Å². The first-order chi connectivity index (χ1) is 19.0. The number of hydrazine groups is 1. The summed E-state index contributed by atoms with van der Waals surface area (Å²) in [6.45, 7) is 7.45. The lowest BCUT2D eigenvalue weighted by atomic mass is 9.98. The molecule has 1 aromatic heterocycles. The number of H-pyrrole nitrogens is 1. The zero-order valence-corrected chi connectivity index (χ0v) is 22.9. The minimum Gasteiger partial charge on any atom is -0.427 e. The zero-order valence-electron chi connectivity index (χ0n) is 22.9. The monoisotopic (exact) mass is 549 g/mol. The number of benzene rings is 2. The second kappa shape index (κ2) is 12.2. The minimum atomic E-state index is -0.696. The molecule has 11 nitrogen and oxygen atoms in total. The Balaban J connectivity index is 1.47. The standard InChI is InChI=1S/C29H35N5O6/c1-29(2,3)28(37)40-18-39-27(36)20-7-4-6-19(14-20)16-34(31)17-23(30)21-8-5-9-22-24(35)15-25(32-26(21)22)33-10-12-38-13-11-33/h4-9,14-15,17H,10-13,16,18,30-31H2,1-3H3,(H,32,35)/b23-17-. The number of aromatic amines is 1. The van der Waals surface area contributed by atoms with Crippen molar-refractivity contribution in [1.29, 1.82) is 0 Å². The largest absolute Gasteiger partial charge is 0.427 e. The Morgan fingerprint density at radius 1 is 1.10 bits per heavy atom. The van der Waals surface area contributed by atoms with E-state index in [2.05, 4.69) is 9.88 Å². The lowest BCUT2D eigenvalue weighted by molar-refractivity contribution is -0.161. The fraction of sp³-hybridized carbons (Fsp3) is 0.345. The van der Waals surface area contributed by atoms with Crippen LogP contribution in [0.4, 0.5) is 5.82 Å². The maximum atomic E-state index is 12.9. The molecule has 3 aromatic rings. The number of nitrogens with zero attached hydrogens (tertiary/aromatic N) is 2. The van der Waals surface area contributed by atoms with Gasteiger partial charge in [0, 0.05) is 36.3 Å². The molecule has 0 atom stereocenters. The topological polar surface area (TPSA) is 153 Å².